The second kappa shape index (κ2) is 7.63. The van der Waals surface area contributed by atoms with Crippen molar-refractivity contribution in [2.45, 2.75) is 39.2 Å². The maximum Gasteiger partial charge on any atom is 0.221 e. The second-order valence-corrected chi connectivity index (χ2v) is 4.75. The lowest BCUT2D eigenvalue weighted by molar-refractivity contribution is -0.121. The summed E-state index contributed by atoms with van der Waals surface area (Å²) in [5.41, 5.74) is 0. The Balaban J connectivity index is 2.00. The molecule has 1 heterocycles. The van der Waals surface area contributed by atoms with E-state index in [2.05, 4.69) is 24.5 Å². The first-order valence-electron chi connectivity index (χ1n) is 6.26. The van der Waals surface area contributed by atoms with E-state index in [1.165, 1.54) is 6.42 Å². The first-order valence-corrected chi connectivity index (χ1v) is 6.26. The van der Waals surface area contributed by atoms with Gasteiger partial charge in [-0.2, -0.15) is 0 Å². The van der Waals surface area contributed by atoms with Crippen LogP contribution in [0, 0.1) is 5.92 Å². The minimum atomic E-state index is 0.138. The number of amides is 1. The zero-order valence-corrected chi connectivity index (χ0v) is 10.4. The summed E-state index contributed by atoms with van der Waals surface area (Å²) >= 11 is 0. The molecule has 1 atom stereocenters. The number of rotatable bonds is 6. The third-order valence-electron chi connectivity index (χ3n) is 2.75. The fraction of sp³-hybridized carbons (Fsp3) is 0.917. The highest BCUT2D eigenvalue weighted by atomic mass is 16.5. The fourth-order valence-electron chi connectivity index (χ4n) is 1.79. The molecule has 94 valence electrons. The van der Waals surface area contributed by atoms with E-state index in [0.717, 1.165) is 32.7 Å². The lowest BCUT2D eigenvalue weighted by Crippen LogP contribution is -2.35. The van der Waals surface area contributed by atoms with Gasteiger partial charge >= 0.3 is 0 Å². The maximum absolute atomic E-state index is 11.5. The summed E-state index contributed by atoms with van der Waals surface area (Å²) in [5.74, 6) is 0.648. The molecule has 0 aromatic carbocycles. The Morgan fingerprint density at radius 3 is 2.94 bits per heavy atom. The average molecular weight is 228 g/mol. The van der Waals surface area contributed by atoms with Crippen molar-refractivity contribution in [3.05, 3.63) is 0 Å². The molecular weight excluding hydrogens is 204 g/mol. The molecular formula is C12H24N2O2. The van der Waals surface area contributed by atoms with Crippen LogP contribution in [-0.4, -0.2) is 38.3 Å². The number of ether oxygens (including phenoxy) is 1. The van der Waals surface area contributed by atoms with Gasteiger partial charge in [-0.3, -0.25) is 4.79 Å². The van der Waals surface area contributed by atoms with Gasteiger partial charge < -0.3 is 15.4 Å². The summed E-state index contributed by atoms with van der Waals surface area (Å²) in [5, 5.41) is 6.20. The highest BCUT2D eigenvalue weighted by molar-refractivity contribution is 5.76. The standard InChI is InChI=1S/C12H24N2O2/c1-10(2)13-6-5-12(15)14-8-11-4-3-7-16-9-11/h10-11,13H,3-9H2,1-2H3,(H,14,15). The van der Waals surface area contributed by atoms with Crippen LogP contribution in [0.25, 0.3) is 0 Å². The van der Waals surface area contributed by atoms with Crippen LogP contribution in [0.15, 0.2) is 0 Å². The molecule has 0 aromatic rings. The fourth-order valence-corrected chi connectivity index (χ4v) is 1.79. The summed E-state index contributed by atoms with van der Waals surface area (Å²) in [7, 11) is 0. The van der Waals surface area contributed by atoms with Crippen molar-refractivity contribution in [3.63, 3.8) is 0 Å². The predicted molar refractivity (Wildman–Crippen MR) is 64.3 cm³/mol. The first kappa shape index (κ1) is 13.5. The minimum absolute atomic E-state index is 0.138. The molecule has 1 amide bonds. The first-order chi connectivity index (χ1) is 7.68. The summed E-state index contributed by atoms with van der Waals surface area (Å²) in [6.45, 7) is 7.35. The number of hydrogen-bond acceptors (Lipinski definition) is 3. The highest BCUT2D eigenvalue weighted by Gasteiger charge is 2.14. The van der Waals surface area contributed by atoms with Gasteiger partial charge in [-0.25, -0.2) is 0 Å². The van der Waals surface area contributed by atoms with E-state index >= 15 is 0 Å². The van der Waals surface area contributed by atoms with Crippen LogP contribution in [-0.2, 0) is 9.53 Å². The largest absolute Gasteiger partial charge is 0.381 e. The van der Waals surface area contributed by atoms with Gasteiger partial charge in [-0.1, -0.05) is 13.8 Å². The van der Waals surface area contributed by atoms with Crippen LogP contribution < -0.4 is 10.6 Å². The normalized spacial score (nSPS) is 21.1. The molecule has 1 aliphatic heterocycles. The third kappa shape index (κ3) is 6.08. The van der Waals surface area contributed by atoms with Gasteiger partial charge in [0.05, 0.1) is 6.61 Å². The summed E-state index contributed by atoms with van der Waals surface area (Å²) < 4.78 is 5.36. The molecule has 0 spiro atoms. The topological polar surface area (TPSA) is 50.4 Å². The van der Waals surface area contributed by atoms with Crippen LogP contribution >= 0.6 is 0 Å². The lowest BCUT2D eigenvalue weighted by atomic mass is 10.0. The number of nitrogens with one attached hydrogen (secondary N) is 2. The van der Waals surface area contributed by atoms with Crippen LogP contribution in [0.5, 0.6) is 0 Å². The SMILES string of the molecule is CC(C)NCCC(=O)NCC1CCCOC1. The average Bonchev–Trinajstić information content (AvgIpc) is 2.27. The smallest absolute Gasteiger partial charge is 0.221 e. The molecule has 4 nitrogen and oxygen atoms in total. The zero-order valence-electron chi connectivity index (χ0n) is 10.4. The molecule has 0 saturated carbocycles. The summed E-state index contributed by atoms with van der Waals surface area (Å²) in [4.78, 5) is 11.5. The molecule has 2 N–H and O–H groups in total. The van der Waals surface area contributed by atoms with Crippen molar-refractivity contribution in [3.8, 4) is 0 Å². The predicted octanol–water partition coefficient (Wildman–Crippen LogP) is 0.917. The van der Waals surface area contributed by atoms with Gasteiger partial charge in [0.1, 0.15) is 0 Å². The molecule has 0 radical (unpaired) electrons. The van der Waals surface area contributed by atoms with E-state index in [0.29, 0.717) is 18.4 Å². The molecule has 4 heteroatoms. The van der Waals surface area contributed by atoms with Crippen LogP contribution in [0.1, 0.15) is 33.1 Å². The second-order valence-electron chi connectivity index (χ2n) is 4.75. The Bertz CT molecular complexity index is 201. The Labute approximate surface area is 98.1 Å². The van der Waals surface area contributed by atoms with Crippen molar-refractivity contribution in [2.24, 2.45) is 5.92 Å². The Kier molecular flexibility index (Phi) is 6.42. The highest BCUT2D eigenvalue weighted by Crippen LogP contribution is 2.11. The van der Waals surface area contributed by atoms with Gasteiger partial charge in [-0.15, -0.1) is 0 Å². The van der Waals surface area contributed by atoms with E-state index in [1.807, 2.05) is 0 Å². The zero-order chi connectivity index (χ0) is 11.8. The van der Waals surface area contributed by atoms with E-state index < -0.39 is 0 Å². The van der Waals surface area contributed by atoms with Crippen molar-refractivity contribution in [1.82, 2.24) is 10.6 Å². The molecule has 0 aromatic heterocycles. The molecule has 1 rings (SSSR count). The molecule has 0 aliphatic carbocycles. The van der Waals surface area contributed by atoms with E-state index in [9.17, 15) is 4.79 Å². The van der Waals surface area contributed by atoms with Crippen LogP contribution in [0.4, 0.5) is 0 Å². The van der Waals surface area contributed by atoms with Gasteiger partial charge in [0.25, 0.3) is 0 Å². The Morgan fingerprint density at radius 2 is 2.31 bits per heavy atom. The van der Waals surface area contributed by atoms with Gasteiger partial charge in [0, 0.05) is 32.2 Å². The van der Waals surface area contributed by atoms with Gasteiger partial charge in [-0.05, 0) is 18.8 Å². The quantitative estimate of drug-likeness (QED) is 0.710. The molecule has 0 bridgehead atoms. The van der Waals surface area contributed by atoms with Crippen molar-refractivity contribution in [1.29, 1.82) is 0 Å². The Morgan fingerprint density at radius 1 is 1.50 bits per heavy atom. The van der Waals surface area contributed by atoms with E-state index in [1.54, 1.807) is 0 Å². The van der Waals surface area contributed by atoms with Crippen molar-refractivity contribution < 1.29 is 9.53 Å². The number of hydrogen-bond donors (Lipinski definition) is 2. The van der Waals surface area contributed by atoms with Gasteiger partial charge in [0.2, 0.25) is 5.91 Å². The van der Waals surface area contributed by atoms with E-state index in [-0.39, 0.29) is 5.91 Å². The molecule has 1 aliphatic rings. The van der Waals surface area contributed by atoms with Crippen LogP contribution in [0.2, 0.25) is 0 Å². The monoisotopic (exact) mass is 228 g/mol. The molecule has 1 unspecified atom stereocenters. The minimum Gasteiger partial charge on any atom is -0.381 e. The lowest BCUT2D eigenvalue weighted by Gasteiger charge is -2.22. The number of carbonyl (C=O) groups excluding carboxylic acids is 1. The Hall–Kier alpha value is -0.610. The van der Waals surface area contributed by atoms with Crippen LogP contribution in [0.3, 0.4) is 0 Å². The summed E-state index contributed by atoms with van der Waals surface area (Å²) in [6.07, 6.45) is 2.85. The number of carbonyl (C=O) groups is 1. The third-order valence-corrected chi connectivity index (χ3v) is 2.75. The molecule has 1 fully saturated rings. The summed E-state index contributed by atoms with van der Waals surface area (Å²) in [6, 6.07) is 0.444. The van der Waals surface area contributed by atoms with Crippen molar-refractivity contribution in [2.75, 3.05) is 26.3 Å². The van der Waals surface area contributed by atoms with E-state index in [4.69, 9.17) is 4.74 Å². The molecule has 1 saturated heterocycles. The van der Waals surface area contributed by atoms with Crippen molar-refractivity contribution >= 4 is 5.91 Å². The maximum atomic E-state index is 11.5. The van der Waals surface area contributed by atoms with Gasteiger partial charge in [0.15, 0.2) is 0 Å². The molecule has 16 heavy (non-hydrogen) atoms.